The van der Waals surface area contributed by atoms with E-state index in [9.17, 15) is 19.5 Å². The van der Waals surface area contributed by atoms with Crippen molar-refractivity contribution in [3.05, 3.63) is 92.3 Å². The third-order valence-electron chi connectivity index (χ3n) is 5.57. The quantitative estimate of drug-likeness (QED) is 0.280. The van der Waals surface area contributed by atoms with Crippen molar-refractivity contribution in [2.24, 2.45) is 4.99 Å². The van der Waals surface area contributed by atoms with E-state index < -0.39 is 29.1 Å². The number of aromatic amines is 2. The number of para-hydroxylation sites is 2. The van der Waals surface area contributed by atoms with Crippen molar-refractivity contribution >= 4 is 23.1 Å². The fourth-order valence-electron chi connectivity index (χ4n) is 3.87. The zero-order valence-corrected chi connectivity index (χ0v) is 19.6. The minimum absolute atomic E-state index is 0.210. The number of H-pyrrole nitrogens is 2. The molecule has 0 aliphatic rings. The molecule has 2 aromatic heterocycles. The van der Waals surface area contributed by atoms with Gasteiger partial charge in [0.25, 0.3) is 5.56 Å². The van der Waals surface area contributed by atoms with Crippen molar-refractivity contribution in [3.63, 3.8) is 0 Å². The molecule has 180 valence electrons. The second-order valence-corrected chi connectivity index (χ2v) is 8.46. The molecule has 0 spiro atoms. The van der Waals surface area contributed by atoms with Crippen molar-refractivity contribution in [1.29, 1.82) is 0 Å². The van der Waals surface area contributed by atoms with Crippen LogP contribution in [0.2, 0.25) is 0 Å². The molecule has 2 heterocycles. The maximum absolute atomic E-state index is 12.8. The molecule has 0 fully saturated rings. The second kappa shape index (κ2) is 9.84. The Morgan fingerprint density at radius 1 is 1.14 bits per heavy atom. The molecule has 2 aromatic carbocycles. The maximum atomic E-state index is 12.8. The van der Waals surface area contributed by atoms with Gasteiger partial charge in [0.05, 0.1) is 11.8 Å². The van der Waals surface area contributed by atoms with Gasteiger partial charge >= 0.3 is 11.7 Å². The molecule has 9 nitrogen and oxygen atoms in total. The van der Waals surface area contributed by atoms with Crippen molar-refractivity contribution < 1.29 is 14.6 Å². The average Bonchev–Trinajstić information content (AvgIpc) is 3.21. The van der Waals surface area contributed by atoms with Gasteiger partial charge in [0, 0.05) is 29.7 Å². The molecular weight excluding hydrogens is 448 g/mol. The number of hydrogen-bond acceptors (Lipinski definition) is 6. The molecule has 0 amide bonds. The average molecular weight is 475 g/mol. The highest BCUT2D eigenvalue weighted by Crippen LogP contribution is 2.22. The van der Waals surface area contributed by atoms with Gasteiger partial charge in [-0.25, -0.2) is 14.2 Å². The Morgan fingerprint density at radius 3 is 2.60 bits per heavy atom. The molecule has 0 aliphatic heterocycles. The Morgan fingerprint density at radius 2 is 1.86 bits per heavy atom. The zero-order chi connectivity index (χ0) is 25.1. The van der Waals surface area contributed by atoms with Crippen molar-refractivity contribution in [1.82, 2.24) is 14.5 Å². The number of benzene rings is 2. The molecule has 3 N–H and O–H groups in total. The summed E-state index contributed by atoms with van der Waals surface area (Å²) in [4.78, 5) is 47.6. The monoisotopic (exact) mass is 474 g/mol. The topological polar surface area (TPSA) is 130 Å². The Bertz CT molecular complexity index is 1530. The summed E-state index contributed by atoms with van der Waals surface area (Å²) in [5, 5.41) is 11.8. The number of ether oxygens (including phenoxy) is 1. The first-order valence-corrected chi connectivity index (χ1v) is 11.2. The third kappa shape index (κ3) is 4.93. The molecule has 0 bridgehead atoms. The summed E-state index contributed by atoms with van der Waals surface area (Å²) in [6, 6.07) is 13.6. The fourth-order valence-corrected chi connectivity index (χ4v) is 3.87. The number of nitrogens with one attached hydrogen (secondary N) is 2. The van der Waals surface area contributed by atoms with Crippen LogP contribution < -0.4 is 11.2 Å². The van der Waals surface area contributed by atoms with Crippen molar-refractivity contribution in [3.8, 4) is 11.6 Å². The Balaban J connectivity index is 1.75. The highest BCUT2D eigenvalue weighted by Gasteiger charge is 2.23. The van der Waals surface area contributed by atoms with Crippen LogP contribution in [0, 0.1) is 6.92 Å². The van der Waals surface area contributed by atoms with Crippen LogP contribution in [0.15, 0.2) is 69.3 Å². The first-order chi connectivity index (χ1) is 16.8. The predicted octanol–water partition coefficient (Wildman–Crippen LogP) is 3.00. The molecule has 4 rings (SSSR count). The molecule has 0 aliphatic carbocycles. The molecule has 9 heteroatoms. The molecule has 35 heavy (non-hydrogen) atoms. The summed E-state index contributed by atoms with van der Waals surface area (Å²) < 4.78 is 6.38. The van der Waals surface area contributed by atoms with E-state index in [0.29, 0.717) is 5.69 Å². The van der Waals surface area contributed by atoms with E-state index >= 15 is 0 Å². The minimum Gasteiger partial charge on any atom is -0.493 e. The van der Waals surface area contributed by atoms with E-state index in [4.69, 9.17) is 4.74 Å². The van der Waals surface area contributed by atoms with Crippen molar-refractivity contribution in [2.75, 3.05) is 0 Å². The fraction of sp³-hybridized carbons (Fsp3) is 0.231. The summed E-state index contributed by atoms with van der Waals surface area (Å²) in [5.41, 5.74) is 1.06. The lowest BCUT2D eigenvalue weighted by Crippen LogP contribution is -2.32. The highest BCUT2D eigenvalue weighted by molar-refractivity contribution is 5.87. The number of aliphatic imine (C=N–C) groups is 1. The van der Waals surface area contributed by atoms with Gasteiger partial charge < -0.3 is 14.8 Å². The van der Waals surface area contributed by atoms with Gasteiger partial charge in [-0.2, -0.15) is 0 Å². The second-order valence-electron chi connectivity index (χ2n) is 8.46. The molecule has 0 radical (unpaired) electrons. The van der Waals surface area contributed by atoms with Crippen LogP contribution in [0.3, 0.4) is 0 Å². The number of hydrogen-bond donors (Lipinski definition) is 3. The lowest BCUT2D eigenvalue weighted by Gasteiger charge is -2.15. The van der Waals surface area contributed by atoms with Crippen molar-refractivity contribution in [2.45, 2.75) is 39.3 Å². The van der Waals surface area contributed by atoms with E-state index in [0.717, 1.165) is 32.8 Å². The van der Waals surface area contributed by atoms with Gasteiger partial charge in [0.2, 0.25) is 5.88 Å². The van der Waals surface area contributed by atoms with Crippen LogP contribution in [-0.2, 0) is 16.0 Å². The van der Waals surface area contributed by atoms with Crippen LogP contribution in [0.25, 0.3) is 16.6 Å². The molecule has 0 saturated carbocycles. The van der Waals surface area contributed by atoms with E-state index in [1.165, 1.54) is 0 Å². The standard InChI is InChI=1S/C26H26N4O5/c1-15(2)35-25(33)21(12-17-13-27-20-10-6-5-9-18(17)20)28-14-19-23(31)29-26(34)30(24(19)32)22-11-7-4-8-16(22)3/h4-11,13-15,21,27,32H,12H2,1-3H3,(H,29,31,34)/t21-/m1/s1. The van der Waals surface area contributed by atoms with Crippen LogP contribution in [-0.4, -0.2) is 44.0 Å². The number of aryl methyl sites for hydroxylation is 1. The number of carbonyl (C=O) groups excluding carboxylic acids is 1. The van der Waals surface area contributed by atoms with Gasteiger partial charge in [-0.05, 0) is 44.0 Å². The number of aromatic hydroxyl groups is 1. The Labute approximate surface area is 200 Å². The first kappa shape index (κ1) is 23.7. The number of esters is 1. The SMILES string of the molecule is Cc1ccccc1-n1c(O)c(C=N[C@H](Cc2c[nH]c3ccccc23)C(=O)OC(C)C)c(=O)[nH]c1=O. The van der Waals surface area contributed by atoms with E-state index in [-0.39, 0.29) is 18.1 Å². The third-order valence-corrected chi connectivity index (χ3v) is 5.57. The summed E-state index contributed by atoms with van der Waals surface area (Å²) in [6.45, 7) is 5.25. The molecular formula is C26H26N4O5. The summed E-state index contributed by atoms with van der Waals surface area (Å²) >= 11 is 0. The summed E-state index contributed by atoms with van der Waals surface area (Å²) in [6.07, 6.45) is 2.77. The molecule has 4 aromatic rings. The lowest BCUT2D eigenvalue weighted by molar-refractivity contribution is -0.148. The van der Waals surface area contributed by atoms with Gasteiger partial charge in [-0.1, -0.05) is 36.4 Å². The van der Waals surface area contributed by atoms with E-state index in [1.54, 1.807) is 51.2 Å². The van der Waals surface area contributed by atoms with Gasteiger partial charge in [0.15, 0.2) is 6.04 Å². The van der Waals surface area contributed by atoms with Crippen LogP contribution in [0.4, 0.5) is 0 Å². The van der Waals surface area contributed by atoms with Crippen LogP contribution >= 0.6 is 0 Å². The number of fused-ring (bicyclic) bond motifs is 1. The van der Waals surface area contributed by atoms with Gasteiger partial charge in [-0.15, -0.1) is 0 Å². The normalized spacial score (nSPS) is 12.5. The van der Waals surface area contributed by atoms with E-state index in [1.807, 2.05) is 24.3 Å². The number of rotatable bonds is 7. The Hall–Kier alpha value is -4.40. The molecule has 1 atom stereocenters. The maximum Gasteiger partial charge on any atom is 0.335 e. The van der Waals surface area contributed by atoms with Crippen LogP contribution in [0.5, 0.6) is 5.88 Å². The summed E-state index contributed by atoms with van der Waals surface area (Å²) in [5.74, 6) is -1.13. The van der Waals surface area contributed by atoms with E-state index in [2.05, 4.69) is 15.0 Å². The molecule has 0 unspecified atom stereocenters. The first-order valence-electron chi connectivity index (χ1n) is 11.2. The number of carbonyl (C=O) groups is 1. The predicted molar refractivity (Wildman–Crippen MR) is 134 cm³/mol. The Kier molecular flexibility index (Phi) is 6.68. The molecule has 0 saturated heterocycles. The minimum atomic E-state index is -0.978. The highest BCUT2D eigenvalue weighted by atomic mass is 16.5. The number of nitrogens with zero attached hydrogens (tertiary/aromatic N) is 2. The van der Waals surface area contributed by atoms with Crippen LogP contribution in [0.1, 0.15) is 30.5 Å². The number of aromatic nitrogens is 3. The largest absolute Gasteiger partial charge is 0.493 e. The zero-order valence-electron chi connectivity index (χ0n) is 19.6. The smallest absolute Gasteiger partial charge is 0.335 e. The summed E-state index contributed by atoms with van der Waals surface area (Å²) in [7, 11) is 0. The lowest BCUT2D eigenvalue weighted by atomic mass is 10.1. The van der Waals surface area contributed by atoms with Gasteiger partial charge in [-0.3, -0.25) is 14.8 Å². The van der Waals surface area contributed by atoms with Gasteiger partial charge in [0.1, 0.15) is 5.56 Å².